The third-order valence-electron chi connectivity index (χ3n) is 2.03. The van der Waals surface area contributed by atoms with Gasteiger partial charge >= 0.3 is 0 Å². The number of halogens is 1. The van der Waals surface area contributed by atoms with Crippen molar-refractivity contribution in [3.63, 3.8) is 0 Å². The molecular weight excluding hydrogens is 200 g/mol. The average Bonchev–Trinajstić information content (AvgIpc) is 2.18. The molecule has 1 aromatic carbocycles. The molecule has 0 radical (unpaired) electrons. The standard InChI is InChI=1S/C10H7ClN2O/c11-9-2-1-7(10(12)14)6-3-4-13-5-8(6)9/h1-5H,(H2,12,14). The second kappa shape index (κ2) is 3.27. The van der Waals surface area contributed by atoms with Crippen molar-refractivity contribution >= 4 is 28.3 Å². The highest BCUT2D eigenvalue weighted by atomic mass is 35.5. The van der Waals surface area contributed by atoms with Crippen LogP contribution in [0.1, 0.15) is 10.4 Å². The molecular formula is C10H7ClN2O. The Labute approximate surface area is 85.5 Å². The minimum absolute atomic E-state index is 0.460. The van der Waals surface area contributed by atoms with E-state index in [-0.39, 0.29) is 0 Å². The van der Waals surface area contributed by atoms with Crippen LogP contribution in [0.3, 0.4) is 0 Å². The molecule has 1 amide bonds. The number of aromatic nitrogens is 1. The quantitative estimate of drug-likeness (QED) is 0.776. The van der Waals surface area contributed by atoms with Crippen LogP contribution >= 0.6 is 11.6 Å². The Morgan fingerprint density at radius 2 is 2.07 bits per heavy atom. The maximum Gasteiger partial charge on any atom is 0.249 e. The molecule has 0 unspecified atom stereocenters. The van der Waals surface area contributed by atoms with E-state index >= 15 is 0 Å². The summed E-state index contributed by atoms with van der Waals surface area (Å²) in [5.74, 6) is -0.460. The topological polar surface area (TPSA) is 56.0 Å². The average molecular weight is 207 g/mol. The van der Waals surface area contributed by atoms with Gasteiger partial charge in [0.05, 0.1) is 0 Å². The molecule has 0 saturated carbocycles. The van der Waals surface area contributed by atoms with Crippen LogP contribution in [0.5, 0.6) is 0 Å². The van der Waals surface area contributed by atoms with Gasteiger partial charge in [-0.05, 0) is 23.6 Å². The summed E-state index contributed by atoms with van der Waals surface area (Å²) in [4.78, 5) is 15.0. The highest BCUT2D eigenvalue weighted by Gasteiger charge is 2.08. The van der Waals surface area contributed by atoms with Gasteiger partial charge in [0.1, 0.15) is 0 Å². The summed E-state index contributed by atoms with van der Waals surface area (Å²) in [6.45, 7) is 0. The Bertz CT molecular complexity index is 510. The minimum Gasteiger partial charge on any atom is -0.366 e. The van der Waals surface area contributed by atoms with E-state index in [1.54, 1.807) is 30.6 Å². The van der Waals surface area contributed by atoms with Crippen molar-refractivity contribution in [3.8, 4) is 0 Å². The number of rotatable bonds is 1. The molecule has 0 aliphatic heterocycles. The summed E-state index contributed by atoms with van der Waals surface area (Å²) in [5, 5.41) is 2.04. The summed E-state index contributed by atoms with van der Waals surface area (Å²) in [5.41, 5.74) is 5.69. The van der Waals surface area contributed by atoms with E-state index in [1.165, 1.54) is 0 Å². The fourth-order valence-electron chi connectivity index (χ4n) is 1.37. The molecule has 3 nitrogen and oxygen atoms in total. The lowest BCUT2D eigenvalue weighted by atomic mass is 10.1. The zero-order valence-corrected chi connectivity index (χ0v) is 7.95. The number of primary amides is 1. The fourth-order valence-corrected chi connectivity index (χ4v) is 1.58. The van der Waals surface area contributed by atoms with Crippen molar-refractivity contribution in [1.82, 2.24) is 4.98 Å². The van der Waals surface area contributed by atoms with E-state index < -0.39 is 5.91 Å². The normalized spacial score (nSPS) is 10.4. The Kier molecular flexibility index (Phi) is 2.09. The predicted molar refractivity (Wildman–Crippen MR) is 55.3 cm³/mol. The number of nitrogens with zero attached hydrogens (tertiary/aromatic N) is 1. The van der Waals surface area contributed by atoms with Crippen LogP contribution in [0.15, 0.2) is 30.6 Å². The lowest BCUT2D eigenvalue weighted by Crippen LogP contribution is -2.11. The number of hydrogen-bond acceptors (Lipinski definition) is 2. The molecule has 0 aliphatic carbocycles. The van der Waals surface area contributed by atoms with Gasteiger partial charge in [0.25, 0.3) is 0 Å². The molecule has 0 aliphatic rings. The van der Waals surface area contributed by atoms with Gasteiger partial charge in [-0.3, -0.25) is 9.78 Å². The molecule has 0 atom stereocenters. The third-order valence-corrected chi connectivity index (χ3v) is 2.36. The molecule has 14 heavy (non-hydrogen) atoms. The molecule has 70 valence electrons. The van der Waals surface area contributed by atoms with E-state index in [4.69, 9.17) is 17.3 Å². The second-order valence-electron chi connectivity index (χ2n) is 2.88. The lowest BCUT2D eigenvalue weighted by molar-refractivity contribution is 0.100. The van der Waals surface area contributed by atoms with Crippen molar-refractivity contribution in [2.75, 3.05) is 0 Å². The Morgan fingerprint density at radius 1 is 1.29 bits per heavy atom. The SMILES string of the molecule is NC(=O)c1ccc(Cl)c2cnccc12. The van der Waals surface area contributed by atoms with E-state index in [9.17, 15) is 4.79 Å². The first-order valence-corrected chi connectivity index (χ1v) is 4.40. The Morgan fingerprint density at radius 3 is 2.79 bits per heavy atom. The van der Waals surface area contributed by atoms with Gasteiger partial charge in [0, 0.05) is 28.4 Å². The number of amides is 1. The van der Waals surface area contributed by atoms with Gasteiger partial charge in [-0.15, -0.1) is 0 Å². The fraction of sp³-hybridized carbons (Fsp3) is 0. The van der Waals surface area contributed by atoms with Gasteiger partial charge in [-0.2, -0.15) is 0 Å². The molecule has 2 rings (SSSR count). The highest BCUT2D eigenvalue weighted by molar-refractivity contribution is 6.36. The van der Waals surface area contributed by atoms with Crippen molar-refractivity contribution < 1.29 is 4.79 Å². The van der Waals surface area contributed by atoms with Crippen molar-refractivity contribution in [1.29, 1.82) is 0 Å². The number of pyridine rings is 1. The lowest BCUT2D eigenvalue weighted by Gasteiger charge is -2.03. The molecule has 2 aromatic rings. The Balaban J connectivity index is 2.88. The van der Waals surface area contributed by atoms with E-state index in [0.717, 1.165) is 10.8 Å². The first-order valence-electron chi connectivity index (χ1n) is 4.02. The van der Waals surface area contributed by atoms with Crippen LogP contribution in [0.25, 0.3) is 10.8 Å². The highest BCUT2D eigenvalue weighted by Crippen LogP contribution is 2.25. The summed E-state index contributed by atoms with van der Waals surface area (Å²) < 4.78 is 0. The molecule has 0 spiro atoms. The van der Waals surface area contributed by atoms with Crippen LogP contribution < -0.4 is 5.73 Å². The number of carbonyl (C=O) groups excluding carboxylic acids is 1. The smallest absolute Gasteiger partial charge is 0.249 e. The molecule has 0 saturated heterocycles. The van der Waals surface area contributed by atoms with Crippen molar-refractivity contribution in [2.45, 2.75) is 0 Å². The van der Waals surface area contributed by atoms with Crippen LogP contribution in [0, 0.1) is 0 Å². The van der Waals surface area contributed by atoms with Gasteiger partial charge in [-0.25, -0.2) is 0 Å². The third kappa shape index (κ3) is 1.32. The molecule has 0 bridgehead atoms. The summed E-state index contributed by atoms with van der Waals surface area (Å²) >= 11 is 5.94. The first-order chi connectivity index (χ1) is 6.70. The van der Waals surface area contributed by atoms with Crippen LogP contribution in [0.4, 0.5) is 0 Å². The summed E-state index contributed by atoms with van der Waals surface area (Å²) in [7, 11) is 0. The number of hydrogen-bond donors (Lipinski definition) is 1. The van der Waals surface area contributed by atoms with Gasteiger partial charge in [-0.1, -0.05) is 11.6 Å². The van der Waals surface area contributed by atoms with Gasteiger partial charge in [0.2, 0.25) is 5.91 Å². The number of fused-ring (bicyclic) bond motifs is 1. The first kappa shape index (κ1) is 8.97. The van der Waals surface area contributed by atoms with Gasteiger partial charge < -0.3 is 5.73 Å². The molecule has 1 heterocycles. The van der Waals surface area contributed by atoms with E-state index in [2.05, 4.69) is 4.98 Å². The van der Waals surface area contributed by atoms with E-state index in [1.807, 2.05) is 0 Å². The molecule has 0 fully saturated rings. The van der Waals surface area contributed by atoms with Crippen LogP contribution in [-0.4, -0.2) is 10.9 Å². The minimum atomic E-state index is -0.460. The number of carbonyl (C=O) groups is 1. The summed E-state index contributed by atoms with van der Waals surface area (Å²) in [6, 6.07) is 4.99. The predicted octanol–water partition coefficient (Wildman–Crippen LogP) is 1.99. The maximum absolute atomic E-state index is 11.1. The molecule has 2 N–H and O–H groups in total. The Hall–Kier alpha value is -1.61. The zero-order valence-electron chi connectivity index (χ0n) is 7.20. The van der Waals surface area contributed by atoms with Crippen LogP contribution in [-0.2, 0) is 0 Å². The van der Waals surface area contributed by atoms with Crippen molar-refractivity contribution in [3.05, 3.63) is 41.2 Å². The van der Waals surface area contributed by atoms with Crippen LogP contribution in [0.2, 0.25) is 5.02 Å². The molecule has 1 aromatic heterocycles. The van der Waals surface area contributed by atoms with Gasteiger partial charge in [0.15, 0.2) is 0 Å². The second-order valence-corrected chi connectivity index (χ2v) is 3.29. The number of benzene rings is 1. The largest absolute Gasteiger partial charge is 0.366 e. The monoisotopic (exact) mass is 206 g/mol. The van der Waals surface area contributed by atoms with Crippen molar-refractivity contribution in [2.24, 2.45) is 5.73 Å². The van der Waals surface area contributed by atoms with E-state index in [0.29, 0.717) is 10.6 Å². The number of nitrogens with two attached hydrogens (primary N) is 1. The zero-order chi connectivity index (χ0) is 10.1. The summed E-state index contributed by atoms with van der Waals surface area (Å²) in [6.07, 6.45) is 3.22. The maximum atomic E-state index is 11.1. The molecule has 4 heteroatoms.